The predicted octanol–water partition coefficient (Wildman–Crippen LogP) is 3.51. The van der Waals surface area contributed by atoms with Crippen LogP contribution in [0.4, 0.5) is 0 Å². The van der Waals surface area contributed by atoms with Crippen molar-refractivity contribution in [2.75, 3.05) is 7.11 Å². The summed E-state index contributed by atoms with van der Waals surface area (Å²) < 4.78 is 17.8. The molecule has 5 fully saturated rings. The zero-order valence-electron chi connectivity index (χ0n) is 18.7. The highest BCUT2D eigenvalue weighted by Gasteiger charge is 2.82. The van der Waals surface area contributed by atoms with Gasteiger partial charge < -0.3 is 14.2 Å². The van der Waals surface area contributed by atoms with Crippen LogP contribution in [0.3, 0.4) is 0 Å². The third kappa shape index (κ3) is 2.25. The molecule has 6 aliphatic rings. The van der Waals surface area contributed by atoms with Crippen molar-refractivity contribution in [3.05, 3.63) is 11.6 Å². The number of rotatable bonds is 2. The average Bonchev–Trinajstić information content (AvgIpc) is 3.21. The zero-order chi connectivity index (χ0) is 21.8. The number of carbonyl (C=O) groups excluding carboxylic acids is 3. The molecule has 0 bridgehead atoms. The van der Waals surface area contributed by atoms with Crippen LogP contribution < -0.4 is 0 Å². The molecular weight excluding hydrogens is 396 g/mol. The maximum atomic E-state index is 12.4. The van der Waals surface area contributed by atoms with Crippen molar-refractivity contribution < 1.29 is 28.6 Å². The molecule has 0 aromatic rings. The van der Waals surface area contributed by atoms with Gasteiger partial charge in [0.25, 0.3) is 0 Å². The van der Waals surface area contributed by atoms with E-state index in [1.807, 2.05) is 6.08 Å². The number of ketones is 1. The summed E-state index contributed by atoms with van der Waals surface area (Å²) in [6.07, 6.45) is 8.51. The Morgan fingerprint density at radius 1 is 1.19 bits per heavy atom. The van der Waals surface area contributed by atoms with E-state index in [0.717, 1.165) is 38.5 Å². The Morgan fingerprint density at radius 3 is 2.71 bits per heavy atom. The first-order valence-electron chi connectivity index (χ1n) is 11.9. The lowest BCUT2D eigenvalue weighted by molar-refractivity contribution is -0.166. The number of fused-ring (bicyclic) bond motifs is 4. The van der Waals surface area contributed by atoms with Gasteiger partial charge in [0.1, 0.15) is 11.2 Å². The summed E-state index contributed by atoms with van der Waals surface area (Å²) in [4.78, 5) is 36.9. The number of hydrogen-bond donors (Lipinski definition) is 0. The van der Waals surface area contributed by atoms with Crippen LogP contribution in [-0.4, -0.2) is 42.1 Å². The summed E-state index contributed by atoms with van der Waals surface area (Å²) in [6, 6.07) is 0. The fourth-order valence-electron chi connectivity index (χ4n) is 8.95. The lowest BCUT2D eigenvalue weighted by Crippen LogP contribution is -2.62. The van der Waals surface area contributed by atoms with Crippen LogP contribution >= 0.6 is 0 Å². The third-order valence-corrected chi connectivity index (χ3v) is 10.5. The highest BCUT2D eigenvalue weighted by atomic mass is 16.6. The molecule has 2 spiro atoms. The van der Waals surface area contributed by atoms with Gasteiger partial charge in [-0.05, 0) is 62.4 Å². The number of hydrogen-bond acceptors (Lipinski definition) is 6. The quantitative estimate of drug-likeness (QED) is 0.494. The van der Waals surface area contributed by atoms with E-state index in [-0.39, 0.29) is 57.7 Å². The maximum Gasteiger partial charge on any atom is 0.306 e. The van der Waals surface area contributed by atoms with Gasteiger partial charge in [-0.15, -0.1) is 0 Å². The smallest absolute Gasteiger partial charge is 0.306 e. The van der Waals surface area contributed by atoms with Gasteiger partial charge in [0.2, 0.25) is 0 Å². The molecule has 2 saturated heterocycles. The molecule has 6 heteroatoms. The molecule has 0 N–H and O–H groups in total. The van der Waals surface area contributed by atoms with E-state index in [4.69, 9.17) is 14.2 Å². The Kier molecular flexibility index (Phi) is 3.86. The summed E-state index contributed by atoms with van der Waals surface area (Å²) in [5, 5.41) is 0. The second kappa shape index (κ2) is 6.00. The van der Waals surface area contributed by atoms with Gasteiger partial charge in [-0.25, -0.2) is 0 Å². The summed E-state index contributed by atoms with van der Waals surface area (Å²) in [6.45, 7) is 4.60. The lowest BCUT2D eigenvalue weighted by atomic mass is 9.43. The first kappa shape index (κ1) is 20.0. The number of esters is 2. The number of ether oxygens (including phenoxy) is 3. The number of carbonyl (C=O) groups is 3. The first-order chi connectivity index (χ1) is 14.7. The largest absolute Gasteiger partial charge is 0.469 e. The van der Waals surface area contributed by atoms with E-state index in [1.165, 1.54) is 12.7 Å². The van der Waals surface area contributed by atoms with E-state index in [1.54, 1.807) is 0 Å². The second-order valence-corrected chi connectivity index (χ2v) is 11.4. The first-order valence-corrected chi connectivity index (χ1v) is 11.9. The third-order valence-electron chi connectivity index (χ3n) is 10.5. The minimum Gasteiger partial charge on any atom is -0.469 e. The Morgan fingerprint density at radius 2 is 2.00 bits per heavy atom. The molecule has 3 saturated carbocycles. The molecule has 4 aliphatic carbocycles. The van der Waals surface area contributed by atoms with Gasteiger partial charge in [-0.3, -0.25) is 14.4 Å². The fraction of sp³-hybridized carbons (Fsp3) is 0.800. The Hall–Kier alpha value is -1.69. The Balaban J connectivity index is 1.46. The van der Waals surface area contributed by atoms with E-state index in [9.17, 15) is 14.4 Å². The van der Waals surface area contributed by atoms with Crippen molar-refractivity contribution in [3.63, 3.8) is 0 Å². The van der Waals surface area contributed by atoms with Gasteiger partial charge in [0.15, 0.2) is 5.78 Å². The van der Waals surface area contributed by atoms with Gasteiger partial charge >= 0.3 is 11.9 Å². The standard InChI is InChI=1S/C25H32O6/c1-22-7-4-16(26)12-15(22)10-14(11-20(28)29-3)21-17-5-8-24(9-6-19(27)31-24)23(17,2)13-18-25(21,22)30-18/h12,14,17-18,21H,4-11,13H2,1-3H3/t14-,17?,18?,21?,22?,23?,24+,25+/m0/s1. The number of methoxy groups -OCH3 is 1. The second-order valence-electron chi connectivity index (χ2n) is 11.4. The lowest BCUT2D eigenvalue weighted by Gasteiger charge is -2.59. The molecule has 31 heavy (non-hydrogen) atoms. The Labute approximate surface area is 183 Å². The van der Waals surface area contributed by atoms with E-state index in [0.29, 0.717) is 25.2 Å². The highest BCUT2D eigenvalue weighted by Crippen LogP contribution is 2.78. The monoisotopic (exact) mass is 428 g/mol. The van der Waals surface area contributed by atoms with Crippen LogP contribution in [0.5, 0.6) is 0 Å². The molecule has 0 amide bonds. The molecule has 0 aromatic carbocycles. The van der Waals surface area contributed by atoms with Gasteiger partial charge in [0, 0.05) is 30.1 Å². The highest BCUT2D eigenvalue weighted by molar-refractivity contribution is 5.92. The summed E-state index contributed by atoms with van der Waals surface area (Å²) >= 11 is 0. The van der Waals surface area contributed by atoms with Crippen molar-refractivity contribution >= 4 is 17.7 Å². The average molecular weight is 429 g/mol. The predicted molar refractivity (Wildman–Crippen MR) is 110 cm³/mol. The SMILES string of the molecule is COC(=O)C[C@@H]1CC2=CC(=O)CCC2(C)[C@@]23OC2CC2(C)C(CC[C@@]24CCC(=O)O4)C13. The van der Waals surface area contributed by atoms with Crippen LogP contribution in [0.2, 0.25) is 0 Å². The van der Waals surface area contributed by atoms with Gasteiger partial charge in [0.05, 0.1) is 13.2 Å². The summed E-state index contributed by atoms with van der Waals surface area (Å²) in [5.41, 5.74) is 0.175. The molecule has 0 radical (unpaired) electrons. The van der Waals surface area contributed by atoms with Crippen LogP contribution in [0.15, 0.2) is 11.6 Å². The molecular formula is C25H32O6. The minimum absolute atomic E-state index is 0.0758. The normalized spacial score (nSPS) is 51.9. The van der Waals surface area contributed by atoms with E-state index in [2.05, 4.69) is 13.8 Å². The minimum atomic E-state index is -0.387. The molecule has 6 nitrogen and oxygen atoms in total. The fourth-order valence-corrected chi connectivity index (χ4v) is 8.95. The van der Waals surface area contributed by atoms with Crippen LogP contribution in [-0.2, 0) is 28.6 Å². The van der Waals surface area contributed by atoms with Crippen molar-refractivity contribution in [1.82, 2.24) is 0 Å². The number of epoxide rings is 1. The molecule has 0 aromatic heterocycles. The van der Waals surface area contributed by atoms with Crippen molar-refractivity contribution in [3.8, 4) is 0 Å². The zero-order valence-corrected chi connectivity index (χ0v) is 18.7. The molecule has 2 heterocycles. The van der Waals surface area contributed by atoms with E-state index >= 15 is 0 Å². The van der Waals surface area contributed by atoms with Crippen LogP contribution in [0.1, 0.15) is 71.6 Å². The molecule has 2 aliphatic heterocycles. The summed E-state index contributed by atoms with van der Waals surface area (Å²) in [5.74, 6) is 0.547. The van der Waals surface area contributed by atoms with Crippen LogP contribution in [0, 0.1) is 28.6 Å². The van der Waals surface area contributed by atoms with Gasteiger partial charge in [-0.2, -0.15) is 0 Å². The van der Waals surface area contributed by atoms with E-state index < -0.39 is 0 Å². The molecule has 8 atom stereocenters. The molecule has 5 unspecified atom stereocenters. The topological polar surface area (TPSA) is 82.2 Å². The van der Waals surface area contributed by atoms with Gasteiger partial charge in [-0.1, -0.05) is 19.4 Å². The van der Waals surface area contributed by atoms with Crippen molar-refractivity contribution in [2.45, 2.75) is 88.9 Å². The van der Waals surface area contributed by atoms with Crippen LogP contribution in [0.25, 0.3) is 0 Å². The Bertz CT molecular complexity index is 923. The van der Waals surface area contributed by atoms with Crippen molar-refractivity contribution in [2.24, 2.45) is 28.6 Å². The van der Waals surface area contributed by atoms with Crippen molar-refractivity contribution in [1.29, 1.82) is 0 Å². The molecule has 6 rings (SSSR count). The summed E-state index contributed by atoms with van der Waals surface area (Å²) in [7, 11) is 1.44. The maximum absolute atomic E-state index is 12.4. The molecule has 168 valence electrons.